The number of aliphatic hydroxyl groups is 3. The van der Waals surface area contributed by atoms with Gasteiger partial charge >= 0.3 is 0 Å². The predicted molar refractivity (Wildman–Crippen MR) is 158 cm³/mol. The quantitative estimate of drug-likeness (QED) is 0.135. The molecule has 0 amide bonds. The normalized spacial score (nSPS) is 20.1. The Balaban J connectivity index is 1.19. The first-order valence-electron chi connectivity index (χ1n) is 13.7. The second-order valence-corrected chi connectivity index (χ2v) is 9.90. The Labute approximate surface area is 246 Å². The van der Waals surface area contributed by atoms with Gasteiger partial charge in [0.25, 0.3) is 0 Å². The van der Waals surface area contributed by atoms with E-state index >= 15 is 0 Å². The van der Waals surface area contributed by atoms with Crippen LogP contribution in [0.5, 0.6) is 11.5 Å². The van der Waals surface area contributed by atoms with Gasteiger partial charge in [0.05, 0.1) is 19.1 Å². The van der Waals surface area contributed by atoms with E-state index in [9.17, 15) is 15.3 Å². The van der Waals surface area contributed by atoms with Crippen molar-refractivity contribution in [1.29, 1.82) is 0 Å². The molecule has 1 saturated heterocycles. The van der Waals surface area contributed by atoms with Crippen LogP contribution in [0.3, 0.4) is 0 Å². The van der Waals surface area contributed by atoms with Crippen molar-refractivity contribution >= 4 is 23.2 Å². The van der Waals surface area contributed by atoms with Crippen molar-refractivity contribution in [3.05, 3.63) is 108 Å². The first-order chi connectivity index (χ1) is 21.1. The van der Waals surface area contributed by atoms with Crippen LogP contribution < -0.4 is 14.9 Å². The molecule has 0 aliphatic carbocycles. The van der Waals surface area contributed by atoms with Crippen molar-refractivity contribution in [2.75, 3.05) is 12.0 Å². The fourth-order valence-corrected chi connectivity index (χ4v) is 4.71. The summed E-state index contributed by atoms with van der Waals surface area (Å²) in [6.45, 7) is 0.339. The number of hydrazone groups is 1. The van der Waals surface area contributed by atoms with Crippen molar-refractivity contribution in [1.82, 2.24) is 19.5 Å². The summed E-state index contributed by atoms with van der Waals surface area (Å²) in [6, 6.07) is 25.3. The van der Waals surface area contributed by atoms with E-state index in [4.69, 9.17) is 14.2 Å². The molecule has 0 radical (unpaired) electrons. The summed E-state index contributed by atoms with van der Waals surface area (Å²) in [6.07, 6.45) is -0.0240. The number of hydrogen-bond acceptors (Lipinski definition) is 11. The third-order valence-electron chi connectivity index (χ3n) is 6.98. The van der Waals surface area contributed by atoms with Crippen molar-refractivity contribution in [3.8, 4) is 11.5 Å². The van der Waals surface area contributed by atoms with Gasteiger partial charge in [-0.05, 0) is 34.9 Å². The van der Waals surface area contributed by atoms with Gasteiger partial charge in [0.15, 0.2) is 34.7 Å². The highest BCUT2D eigenvalue weighted by molar-refractivity contribution is 5.85. The molecule has 12 nitrogen and oxygen atoms in total. The van der Waals surface area contributed by atoms with Crippen LogP contribution in [0, 0.1) is 0 Å². The van der Waals surface area contributed by atoms with Gasteiger partial charge in [-0.1, -0.05) is 60.7 Å². The Morgan fingerprint density at radius 2 is 1.56 bits per heavy atom. The van der Waals surface area contributed by atoms with E-state index in [2.05, 4.69) is 25.5 Å². The molecule has 0 spiro atoms. The Morgan fingerprint density at radius 1 is 0.860 bits per heavy atom. The Hall–Kier alpha value is -4.88. The fourth-order valence-electron chi connectivity index (χ4n) is 4.71. The zero-order valence-electron chi connectivity index (χ0n) is 23.0. The molecule has 1 aliphatic rings. The molecule has 0 bridgehead atoms. The standard InChI is InChI=1S/C31H30N6O6/c38-15-25-27(39)28(40)31(43-25)37-19-34-26-29(32-18-33-30(26)37)36-35-14-22-11-12-23(41-16-20-7-3-1-4-8-20)24(13-22)42-17-21-9-5-2-6-10-21/h1-14,18-19,25,27-28,31,38-40H,15-17H2,(H,32,33,36)/b35-14+/t25-,27+,28?,31-/m1/s1. The minimum atomic E-state index is -1.27. The second-order valence-electron chi connectivity index (χ2n) is 9.90. The molecule has 1 fully saturated rings. The van der Waals surface area contributed by atoms with Crippen LogP contribution in [-0.4, -0.2) is 66.0 Å². The monoisotopic (exact) mass is 582 g/mol. The number of aromatic nitrogens is 4. The van der Waals surface area contributed by atoms with Gasteiger partial charge < -0.3 is 29.5 Å². The fraction of sp³-hybridized carbons (Fsp3) is 0.226. The number of nitrogens with zero attached hydrogens (tertiary/aromatic N) is 5. The molecule has 6 rings (SSSR count). The number of ether oxygens (including phenoxy) is 3. The lowest BCUT2D eigenvalue weighted by atomic mass is 10.1. The number of nitrogens with one attached hydrogen (secondary N) is 1. The average Bonchev–Trinajstić information content (AvgIpc) is 3.61. The lowest BCUT2D eigenvalue weighted by Gasteiger charge is -2.16. The van der Waals surface area contributed by atoms with Crippen LogP contribution in [0.4, 0.5) is 5.82 Å². The molecule has 1 unspecified atom stereocenters. The third-order valence-corrected chi connectivity index (χ3v) is 6.98. The molecular formula is C31H30N6O6. The molecule has 43 heavy (non-hydrogen) atoms. The van der Waals surface area contributed by atoms with Crippen molar-refractivity contribution in [2.24, 2.45) is 5.10 Å². The molecule has 5 aromatic rings. The second kappa shape index (κ2) is 13.0. The van der Waals surface area contributed by atoms with Gasteiger partial charge in [0, 0.05) is 0 Å². The number of aliphatic hydroxyl groups excluding tert-OH is 3. The molecular weight excluding hydrogens is 552 g/mol. The highest BCUT2D eigenvalue weighted by Gasteiger charge is 2.44. The summed E-state index contributed by atoms with van der Waals surface area (Å²) in [5.74, 6) is 1.51. The number of anilines is 1. The maximum atomic E-state index is 10.4. The van der Waals surface area contributed by atoms with E-state index in [1.165, 1.54) is 17.2 Å². The molecule has 4 N–H and O–H groups in total. The van der Waals surface area contributed by atoms with E-state index in [1.54, 1.807) is 6.21 Å². The van der Waals surface area contributed by atoms with Crippen molar-refractivity contribution in [2.45, 2.75) is 37.8 Å². The number of rotatable bonds is 11. The lowest BCUT2D eigenvalue weighted by Crippen LogP contribution is -2.33. The summed E-state index contributed by atoms with van der Waals surface area (Å²) in [5, 5.41) is 34.3. The third kappa shape index (κ3) is 6.32. The van der Waals surface area contributed by atoms with Gasteiger partial charge in [-0.3, -0.25) is 9.99 Å². The Morgan fingerprint density at radius 3 is 2.23 bits per heavy atom. The van der Waals surface area contributed by atoms with Crippen LogP contribution in [0.25, 0.3) is 11.2 Å². The topological polar surface area (TPSA) is 156 Å². The van der Waals surface area contributed by atoms with Crippen LogP contribution >= 0.6 is 0 Å². The maximum Gasteiger partial charge on any atom is 0.177 e. The van der Waals surface area contributed by atoms with E-state index < -0.39 is 31.1 Å². The molecule has 4 atom stereocenters. The zero-order valence-corrected chi connectivity index (χ0v) is 23.0. The summed E-state index contributed by atoms with van der Waals surface area (Å²) in [4.78, 5) is 12.9. The molecule has 3 heterocycles. The summed E-state index contributed by atoms with van der Waals surface area (Å²) < 4.78 is 19.3. The lowest BCUT2D eigenvalue weighted by molar-refractivity contribution is -0.0511. The van der Waals surface area contributed by atoms with Gasteiger partial charge in [0.1, 0.15) is 37.9 Å². The van der Waals surface area contributed by atoms with Crippen LogP contribution in [0.1, 0.15) is 22.9 Å². The van der Waals surface area contributed by atoms with Gasteiger partial charge in [-0.15, -0.1) is 0 Å². The van der Waals surface area contributed by atoms with Crippen LogP contribution in [-0.2, 0) is 18.0 Å². The Bertz CT molecular complexity index is 1680. The smallest absolute Gasteiger partial charge is 0.177 e. The van der Waals surface area contributed by atoms with Gasteiger partial charge in [-0.25, -0.2) is 15.0 Å². The van der Waals surface area contributed by atoms with Crippen molar-refractivity contribution < 1.29 is 29.5 Å². The summed E-state index contributed by atoms with van der Waals surface area (Å²) in [7, 11) is 0. The minimum absolute atomic E-state index is 0.329. The first kappa shape index (κ1) is 28.2. The molecule has 1 aliphatic heterocycles. The van der Waals surface area contributed by atoms with Gasteiger partial charge in [-0.2, -0.15) is 5.10 Å². The SMILES string of the molecule is OC[C@H]1O[C@@H](n2cnc3c(N/N=C/c4ccc(OCc5ccccc5)c(OCc5ccccc5)c4)ncnc32)C(O)[C@H]1O. The predicted octanol–water partition coefficient (Wildman–Crippen LogP) is 3.04. The average molecular weight is 583 g/mol. The largest absolute Gasteiger partial charge is 0.485 e. The van der Waals surface area contributed by atoms with E-state index in [0.29, 0.717) is 41.7 Å². The van der Waals surface area contributed by atoms with Gasteiger partial charge in [0.2, 0.25) is 0 Å². The number of hydrogen-bond donors (Lipinski definition) is 4. The van der Waals surface area contributed by atoms with Crippen molar-refractivity contribution in [3.63, 3.8) is 0 Å². The highest BCUT2D eigenvalue weighted by Crippen LogP contribution is 2.32. The van der Waals surface area contributed by atoms with E-state index in [0.717, 1.165) is 16.7 Å². The molecule has 3 aromatic carbocycles. The zero-order chi connectivity index (χ0) is 29.6. The first-order valence-corrected chi connectivity index (χ1v) is 13.7. The molecule has 220 valence electrons. The Kier molecular flexibility index (Phi) is 8.52. The van der Waals surface area contributed by atoms with E-state index in [-0.39, 0.29) is 0 Å². The highest BCUT2D eigenvalue weighted by atomic mass is 16.6. The maximum absolute atomic E-state index is 10.4. The minimum Gasteiger partial charge on any atom is -0.485 e. The summed E-state index contributed by atoms with van der Waals surface area (Å²) in [5.41, 5.74) is 6.47. The number of fused-ring (bicyclic) bond motifs is 1. The van der Waals surface area contributed by atoms with Crippen LogP contribution in [0.15, 0.2) is 96.6 Å². The number of benzene rings is 3. The molecule has 12 heteroatoms. The molecule has 2 aromatic heterocycles. The molecule has 0 saturated carbocycles. The summed E-state index contributed by atoms with van der Waals surface area (Å²) >= 11 is 0. The van der Waals surface area contributed by atoms with E-state index in [1.807, 2.05) is 78.9 Å². The number of imidazole rings is 1. The van der Waals surface area contributed by atoms with Crippen LogP contribution in [0.2, 0.25) is 0 Å².